The van der Waals surface area contributed by atoms with Crippen LogP contribution < -0.4 is 19.6 Å². The monoisotopic (exact) mass is 703 g/mol. The summed E-state index contributed by atoms with van der Waals surface area (Å²) in [5.41, 5.74) is 4.43. The quantitative estimate of drug-likeness (QED) is 0.155. The highest BCUT2D eigenvalue weighted by atomic mass is 79.9. The number of halogens is 2. The summed E-state index contributed by atoms with van der Waals surface area (Å²) in [7, 11) is 1.58. The molecule has 0 radical (unpaired) electrons. The topological polar surface area (TPSA) is 74.8 Å². The summed E-state index contributed by atoms with van der Waals surface area (Å²) in [5, 5.41) is 1.71. The highest BCUT2D eigenvalue weighted by Gasteiger charge is 2.36. The molecule has 3 heterocycles. The van der Waals surface area contributed by atoms with Crippen molar-refractivity contribution in [2.24, 2.45) is 4.99 Å². The number of carbonyl (C=O) groups excluding carboxylic acids is 1. The minimum absolute atomic E-state index is 0.202. The Kier molecular flexibility index (Phi) is 9.12. The van der Waals surface area contributed by atoms with Crippen LogP contribution in [0, 0.1) is 0 Å². The molecule has 45 heavy (non-hydrogen) atoms. The normalized spacial score (nSPS) is 14.9. The van der Waals surface area contributed by atoms with E-state index in [-0.39, 0.29) is 12.2 Å². The van der Waals surface area contributed by atoms with E-state index in [1.54, 1.807) is 18.6 Å². The van der Waals surface area contributed by atoms with Crippen LogP contribution in [0.3, 0.4) is 0 Å². The van der Waals surface area contributed by atoms with Gasteiger partial charge in [0, 0.05) is 44.3 Å². The first-order chi connectivity index (χ1) is 21.8. The number of ether oxygens (including phenoxy) is 2. The number of hydrogen-bond acceptors (Lipinski definition) is 6. The van der Waals surface area contributed by atoms with Gasteiger partial charge in [-0.3, -0.25) is 9.36 Å². The van der Waals surface area contributed by atoms with Crippen molar-refractivity contribution >= 4 is 61.8 Å². The van der Waals surface area contributed by atoms with Crippen molar-refractivity contribution in [3.05, 3.63) is 130 Å². The van der Waals surface area contributed by atoms with Crippen LogP contribution in [0.4, 0.5) is 0 Å². The number of aromatic nitrogens is 2. The van der Waals surface area contributed by atoms with Crippen molar-refractivity contribution in [3.8, 4) is 5.75 Å². The molecule has 5 aromatic rings. The van der Waals surface area contributed by atoms with Crippen LogP contribution in [0.25, 0.3) is 17.0 Å². The standard InChI is InChI=1S/C35H31BrClN3O4S/c1-4-9-27-31(34(42)44-5-2)32(26-18-23(36)14-15-29(26)43-3)40-33(41)30(45-35(40)38-27)17-22-20-39(28-13-7-6-12-25(22)28)19-21-10-8-11-24(37)16-21/h6-8,10-18,20,32H,4-5,9,19H2,1-3H3/b30-17+/t32-/m1/s1. The number of carbonyl (C=O) groups is 1. The van der Waals surface area contributed by atoms with E-state index in [0.717, 1.165) is 32.9 Å². The van der Waals surface area contributed by atoms with Crippen LogP contribution in [0.1, 0.15) is 49.4 Å². The molecule has 0 unspecified atom stereocenters. The SMILES string of the molecule is CCCC1=C(C(=O)OCC)[C@@H](c2cc(Br)ccc2OC)n2c(s/c(=C/c3cn(Cc4cccc(Cl)c4)c4ccccc34)c2=O)=N1. The lowest BCUT2D eigenvalue weighted by Crippen LogP contribution is -2.40. The number of benzene rings is 3. The molecular formula is C35H31BrClN3O4S. The van der Waals surface area contributed by atoms with Crippen LogP contribution in [-0.4, -0.2) is 28.8 Å². The van der Waals surface area contributed by atoms with Gasteiger partial charge in [0.05, 0.1) is 29.5 Å². The second kappa shape index (κ2) is 13.2. The van der Waals surface area contributed by atoms with Crippen molar-refractivity contribution in [2.45, 2.75) is 39.3 Å². The third kappa shape index (κ3) is 6.04. The molecule has 6 rings (SSSR count). The third-order valence-electron chi connectivity index (χ3n) is 7.73. The smallest absolute Gasteiger partial charge is 0.338 e. The molecule has 1 atom stereocenters. The van der Waals surface area contributed by atoms with E-state index in [1.807, 2.05) is 67.6 Å². The Bertz CT molecular complexity index is 2150. The highest BCUT2D eigenvalue weighted by molar-refractivity contribution is 9.10. The highest BCUT2D eigenvalue weighted by Crippen LogP contribution is 2.38. The zero-order valence-corrected chi connectivity index (χ0v) is 28.2. The molecule has 0 amide bonds. The maximum Gasteiger partial charge on any atom is 0.338 e. The molecule has 0 saturated heterocycles. The van der Waals surface area contributed by atoms with Crippen LogP contribution in [-0.2, 0) is 16.1 Å². The number of rotatable bonds is 9. The minimum atomic E-state index is -0.777. The summed E-state index contributed by atoms with van der Waals surface area (Å²) in [6, 6.07) is 20.7. The molecule has 10 heteroatoms. The molecular weight excluding hydrogens is 674 g/mol. The van der Waals surface area contributed by atoms with Gasteiger partial charge in [-0.25, -0.2) is 9.79 Å². The van der Waals surface area contributed by atoms with Crippen molar-refractivity contribution < 1.29 is 14.3 Å². The van der Waals surface area contributed by atoms with E-state index >= 15 is 0 Å². The second-order valence-corrected chi connectivity index (χ2v) is 13.0. The molecule has 0 saturated carbocycles. The molecule has 2 aromatic heterocycles. The van der Waals surface area contributed by atoms with E-state index in [1.165, 1.54) is 11.3 Å². The molecule has 0 bridgehead atoms. The number of nitrogens with zero attached hydrogens (tertiary/aromatic N) is 3. The summed E-state index contributed by atoms with van der Waals surface area (Å²) in [6.45, 7) is 4.63. The van der Waals surface area contributed by atoms with Crippen molar-refractivity contribution in [3.63, 3.8) is 0 Å². The van der Waals surface area contributed by atoms with Crippen LogP contribution in [0.15, 0.2) is 98.5 Å². The first-order valence-corrected chi connectivity index (χ1v) is 16.7. The average Bonchev–Trinajstić information content (AvgIpc) is 3.53. The van der Waals surface area contributed by atoms with Gasteiger partial charge in [-0.05, 0) is 61.4 Å². The zero-order valence-electron chi connectivity index (χ0n) is 25.1. The number of hydrogen-bond donors (Lipinski definition) is 0. The molecule has 0 aliphatic carbocycles. The van der Waals surface area contributed by atoms with Crippen LogP contribution >= 0.6 is 38.9 Å². The molecule has 230 valence electrons. The van der Waals surface area contributed by atoms with E-state index in [2.05, 4.69) is 38.8 Å². The number of thiazole rings is 1. The van der Waals surface area contributed by atoms with Gasteiger partial charge in [0.15, 0.2) is 4.80 Å². The number of methoxy groups -OCH3 is 1. The van der Waals surface area contributed by atoms with Gasteiger partial charge < -0.3 is 14.0 Å². The summed E-state index contributed by atoms with van der Waals surface area (Å²) in [6.07, 6.45) is 5.31. The Morgan fingerprint density at radius 1 is 1.11 bits per heavy atom. The summed E-state index contributed by atoms with van der Waals surface area (Å²) in [5.74, 6) is 0.0662. The fraction of sp³-hybridized carbons (Fsp3) is 0.229. The van der Waals surface area contributed by atoms with Crippen LogP contribution in [0.5, 0.6) is 5.75 Å². The third-order valence-corrected chi connectivity index (χ3v) is 9.44. The van der Waals surface area contributed by atoms with Gasteiger partial charge in [0.2, 0.25) is 0 Å². The van der Waals surface area contributed by atoms with Gasteiger partial charge in [0.1, 0.15) is 11.8 Å². The Hall–Kier alpha value is -3.92. The maximum atomic E-state index is 14.4. The van der Waals surface area contributed by atoms with Gasteiger partial charge in [0.25, 0.3) is 5.56 Å². The predicted molar refractivity (Wildman–Crippen MR) is 183 cm³/mol. The van der Waals surface area contributed by atoms with Gasteiger partial charge in [-0.2, -0.15) is 0 Å². The predicted octanol–water partition coefficient (Wildman–Crippen LogP) is 7.01. The molecule has 3 aromatic carbocycles. The minimum Gasteiger partial charge on any atom is -0.496 e. The lowest BCUT2D eigenvalue weighted by molar-refractivity contribution is -0.139. The Morgan fingerprint density at radius 3 is 2.69 bits per heavy atom. The molecule has 0 fully saturated rings. The first kappa shape index (κ1) is 31.1. The number of para-hydroxylation sites is 1. The summed E-state index contributed by atoms with van der Waals surface area (Å²) < 4.78 is 16.4. The largest absolute Gasteiger partial charge is 0.496 e. The lowest BCUT2D eigenvalue weighted by atomic mass is 9.93. The first-order valence-electron chi connectivity index (χ1n) is 14.7. The van der Waals surface area contributed by atoms with E-state index in [0.29, 0.717) is 49.9 Å². The van der Waals surface area contributed by atoms with Gasteiger partial charge in [-0.1, -0.05) is 82.5 Å². The Balaban J connectivity index is 1.57. The van der Waals surface area contributed by atoms with E-state index < -0.39 is 12.0 Å². The van der Waals surface area contributed by atoms with Crippen molar-refractivity contribution in [1.29, 1.82) is 0 Å². The molecule has 1 aliphatic heterocycles. The lowest BCUT2D eigenvalue weighted by Gasteiger charge is -2.27. The Morgan fingerprint density at radius 2 is 1.93 bits per heavy atom. The molecule has 0 N–H and O–H groups in total. The average molecular weight is 705 g/mol. The number of fused-ring (bicyclic) bond motifs is 2. The molecule has 7 nitrogen and oxygen atoms in total. The number of allylic oxidation sites excluding steroid dienone is 1. The zero-order chi connectivity index (χ0) is 31.7. The second-order valence-electron chi connectivity index (χ2n) is 10.7. The Labute approximate surface area is 277 Å². The van der Waals surface area contributed by atoms with Crippen molar-refractivity contribution in [1.82, 2.24) is 9.13 Å². The van der Waals surface area contributed by atoms with E-state index in [9.17, 15) is 9.59 Å². The van der Waals surface area contributed by atoms with Gasteiger partial charge >= 0.3 is 5.97 Å². The van der Waals surface area contributed by atoms with Gasteiger partial charge in [-0.15, -0.1) is 0 Å². The fourth-order valence-corrected chi connectivity index (χ4v) is 7.43. The van der Waals surface area contributed by atoms with Crippen molar-refractivity contribution in [2.75, 3.05) is 13.7 Å². The fourth-order valence-electron chi connectivity index (χ4n) is 5.83. The summed E-state index contributed by atoms with van der Waals surface area (Å²) >= 11 is 11.2. The molecule has 0 spiro atoms. The van der Waals surface area contributed by atoms with E-state index in [4.69, 9.17) is 26.1 Å². The maximum absolute atomic E-state index is 14.4. The molecule has 1 aliphatic rings. The van der Waals surface area contributed by atoms with Crippen LogP contribution in [0.2, 0.25) is 5.02 Å². The number of esters is 1. The summed E-state index contributed by atoms with van der Waals surface area (Å²) in [4.78, 5) is 33.4.